The number of amides is 2. The Hall–Kier alpha value is -3.71. The molecule has 2 amide bonds. The predicted molar refractivity (Wildman–Crippen MR) is 144 cm³/mol. The number of likely N-dealkylation sites (tertiary alicyclic amines) is 1. The highest BCUT2D eigenvalue weighted by Crippen LogP contribution is 2.30. The molecular weight excluding hydrogens is 456 g/mol. The van der Waals surface area contributed by atoms with E-state index in [1.165, 1.54) is 16.9 Å². The number of hydrogen-bond acceptors (Lipinski definition) is 5. The summed E-state index contributed by atoms with van der Waals surface area (Å²) in [7, 11) is 1.73. The van der Waals surface area contributed by atoms with Crippen LogP contribution in [-0.2, 0) is 0 Å². The van der Waals surface area contributed by atoms with Crippen LogP contribution in [0.25, 0.3) is 5.57 Å². The average molecular weight is 487 g/mol. The van der Waals surface area contributed by atoms with Crippen molar-refractivity contribution in [3.05, 3.63) is 93.3 Å². The van der Waals surface area contributed by atoms with Crippen molar-refractivity contribution in [1.29, 1.82) is 0 Å². The van der Waals surface area contributed by atoms with Crippen molar-refractivity contribution < 1.29 is 9.59 Å². The zero-order chi connectivity index (χ0) is 24.8. The van der Waals surface area contributed by atoms with Crippen molar-refractivity contribution in [2.24, 2.45) is 10.7 Å². The summed E-state index contributed by atoms with van der Waals surface area (Å²) >= 11 is 1.39. The molecule has 7 heteroatoms. The fourth-order valence-electron chi connectivity index (χ4n) is 4.38. The molecule has 35 heavy (non-hydrogen) atoms. The summed E-state index contributed by atoms with van der Waals surface area (Å²) in [6.45, 7) is 3.33. The molecule has 0 radical (unpaired) electrons. The van der Waals surface area contributed by atoms with E-state index in [0.717, 1.165) is 29.5 Å². The monoisotopic (exact) mass is 486 g/mol. The zero-order valence-corrected chi connectivity index (χ0v) is 20.8. The molecular formula is C28H30N4O2S. The number of nitrogens with one attached hydrogen (secondary N) is 1. The maximum atomic E-state index is 13.2. The molecule has 0 saturated carbocycles. The third-order valence-corrected chi connectivity index (χ3v) is 7.29. The van der Waals surface area contributed by atoms with Crippen molar-refractivity contribution in [2.75, 3.05) is 25.5 Å². The van der Waals surface area contributed by atoms with E-state index in [-0.39, 0.29) is 11.8 Å². The number of allylic oxidation sites excluding steroid dienone is 1. The van der Waals surface area contributed by atoms with Gasteiger partial charge in [-0.25, -0.2) is 0 Å². The van der Waals surface area contributed by atoms with Gasteiger partial charge in [0.15, 0.2) is 0 Å². The molecule has 2 aromatic carbocycles. The lowest BCUT2D eigenvalue weighted by molar-refractivity contribution is 0.0712. The Morgan fingerprint density at radius 1 is 1.09 bits per heavy atom. The molecule has 2 heterocycles. The Kier molecular flexibility index (Phi) is 7.77. The normalized spacial score (nSPS) is 14.9. The van der Waals surface area contributed by atoms with Crippen LogP contribution in [0.2, 0.25) is 0 Å². The molecule has 4 rings (SSSR count). The first-order valence-corrected chi connectivity index (χ1v) is 12.6. The summed E-state index contributed by atoms with van der Waals surface area (Å²) in [5.74, 6) is 0.259. The van der Waals surface area contributed by atoms with Gasteiger partial charge in [-0.2, -0.15) is 0 Å². The third kappa shape index (κ3) is 5.69. The number of nitrogens with two attached hydrogens (primary N) is 1. The highest BCUT2D eigenvalue weighted by molar-refractivity contribution is 7.12. The highest BCUT2D eigenvalue weighted by Gasteiger charge is 2.25. The quantitative estimate of drug-likeness (QED) is 0.462. The lowest BCUT2D eigenvalue weighted by atomic mass is 9.88. The number of aliphatic imine (C=N–C) groups is 1. The lowest BCUT2D eigenvalue weighted by Crippen LogP contribution is -2.38. The summed E-state index contributed by atoms with van der Waals surface area (Å²) in [5, 5.41) is 4.82. The number of rotatable bonds is 6. The van der Waals surface area contributed by atoms with Gasteiger partial charge < -0.3 is 16.0 Å². The number of nitrogens with zero attached hydrogens (tertiary/aromatic N) is 2. The van der Waals surface area contributed by atoms with Gasteiger partial charge in [0.25, 0.3) is 11.8 Å². The van der Waals surface area contributed by atoms with E-state index in [1.807, 2.05) is 35.4 Å². The van der Waals surface area contributed by atoms with Crippen LogP contribution in [0.5, 0.6) is 0 Å². The SMILES string of the molecule is CN=CC(=CN)c1ccc(C2CCN(C(=O)c3ccc(C)c(NC(=O)c4cccs4)c3)CC2)cc1. The van der Waals surface area contributed by atoms with E-state index < -0.39 is 0 Å². The molecule has 0 atom stereocenters. The number of thiophene rings is 1. The van der Waals surface area contributed by atoms with Gasteiger partial charge in [0.1, 0.15) is 0 Å². The molecule has 1 aliphatic heterocycles. The summed E-state index contributed by atoms with van der Waals surface area (Å²) < 4.78 is 0. The smallest absolute Gasteiger partial charge is 0.265 e. The minimum atomic E-state index is -0.157. The van der Waals surface area contributed by atoms with E-state index in [0.29, 0.717) is 35.1 Å². The second-order valence-corrected chi connectivity index (χ2v) is 9.61. The Bertz CT molecular complexity index is 1240. The Morgan fingerprint density at radius 2 is 1.80 bits per heavy atom. The lowest BCUT2D eigenvalue weighted by Gasteiger charge is -2.32. The fourth-order valence-corrected chi connectivity index (χ4v) is 5.00. The molecule has 180 valence electrons. The van der Waals surface area contributed by atoms with Gasteiger partial charge in [-0.1, -0.05) is 36.4 Å². The first-order chi connectivity index (χ1) is 17.0. The Balaban J connectivity index is 1.39. The van der Waals surface area contributed by atoms with E-state index in [2.05, 4.69) is 34.6 Å². The van der Waals surface area contributed by atoms with Crippen molar-refractivity contribution in [1.82, 2.24) is 4.90 Å². The van der Waals surface area contributed by atoms with Crippen molar-refractivity contribution in [2.45, 2.75) is 25.7 Å². The van der Waals surface area contributed by atoms with E-state index in [9.17, 15) is 9.59 Å². The van der Waals surface area contributed by atoms with E-state index in [4.69, 9.17) is 5.73 Å². The predicted octanol–water partition coefficient (Wildman–Crippen LogP) is 5.33. The first kappa shape index (κ1) is 24.4. The molecule has 1 aromatic heterocycles. The van der Waals surface area contributed by atoms with Gasteiger partial charge in [0.2, 0.25) is 0 Å². The van der Waals surface area contributed by atoms with Crippen molar-refractivity contribution >= 4 is 40.6 Å². The zero-order valence-electron chi connectivity index (χ0n) is 20.0. The Morgan fingerprint density at radius 3 is 2.43 bits per heavy atom. The maximum Gasteiger partial charge on any atom is 0.265 e. The van der Waals surface area contributed by atoms with Gasteiger partial charge in [-0.3, -0.25) is 14.6 Å². The largest absolute Gasteiger partial charge is 0.404 e. The number of anilines is 1. The van der Waals surface area contributed by atoms with Gasteiger partial charge in [0.05, 0.1) is 4.88 Å². The third-order valence-electron chi connectivity index (χ3n) is 6.42. The summed E-state index contributed by atoms with van der Waals surface area (Å²) in [5.41, 5.74) is 11.1. The molecule has 1 saturated heterocycles. The maximum absolute atomic E-state index is 13.2. The summed E-state index contributed by atoms with van der Waals surface area (Å²) in [6, 6.07) is 17.6. The van der Waals surface area contributed by atoms with Crippen LogP contribution in [0.4, 0.5) is 5.69 Å². The van der Waals surface area contributed by atoms with Crippen LogP contribution in [-0.4, -0.2) is 43.1 Å². The number of hydrogen-bond donors (Lipinski definition) is 2. The van der Waals surface area contributed by atoms with Crippen LogP contribution in [0.3, 0.4) is 0 Å². The van der Waals surface area contributed by atoms with Gasteiger partial charge in [-0.05, 0) is 66.0 Å². The molecule has 0 unspecified atom stereocenters. The molecule has 3 N–H and O–H groups in total. The standard InChI is InChI=1S/C28H30N4O2S/c1-19-5-6-23(16-25(19)31-27(33)26-4-3-15-35-26)28(34)32-13-11-22(12-14-32)20-7-9-21(10-8-20)24(17-29)18-30-2/h3-10,15-18,22H,11-14,29H2,1-2H3,(H,31,33). The van der Waals surface area contributed by atoms with Crippen LogP contribution < -0.4 is 11.1 Å². The topological polar surface area (TPSA) is 87.8 Å². The van der Waals surface area contributed by atoms with Crippen molar-refractivity contribution in [3.8, 4) is 0 Å². The van der Waals surface area contributed by atoms with E-state index >= 15 is 0 Å². The molecule has 3 aromatic rings. The molecule has 6 nitrogen and oxygen atoms in total. The van der Waals surface area contributed by atoms with Crippen LogP contribution in [0.1, 0.15) is 55.5 Å². The number of aryl methyl sites for hydroxylation is 1. The minimum Gasteiger partial charge on any atom is -0.404 e. The van der Waals surface area contributed by atoms with Gasteiger partial charge in [0, 0.05) is 49.4 Å². The van der Waals surface area contributed by atoms with Crippen LogP contribution in [0.15, 0.2) is 71.2 Å². The number of benzene rings is 2. The second kappa shape index (κ2) is 11.1. The van der Waals surface area contributed by atoms with E-state index in [1.54, 1.807) is 31.6 Å². The number of carbonyl (C=O) groups excluding carboxylic acids is 2. The summed E-state index contributed by atoms with van der Waals surface area (Å²) in [4.78, 5) is 32.3. The molecule has 1 aliphatic rings. The molecule has 0 aliphatic carbocycles. The molecule has 1 fully saturated rings. The van der Waals surface area contributed by atoms with Crippen LogP contribution in [0, 0.1) is 6.92 Å². The van der Waals surface area contributed by atoms with Crippen LogP contribution >= 0.6 is 11.3 Å². The molecule has 0 spiro atoms. The van der Waals surface area contributed by atoms with Gasteiger partial charge in [-0.15, -0.1) is 11.3 Å². The first-order valence-electron chi connectivity index (χ1n) is 11.7. The number of carbonyl (C=O) groups is 2. The minimum absolute atomic E-state index is 0.00185. The summed E-state index contributed by atoms with van der Waals surface area (Å²) in [6.07, 6.45) is 5.14. The average Bonchev–Trinajstić information content (AvgIpc) is 3.44. The highest BCUT2D eigenvalue weighted by atomic mass is 32.1. The van der Waals surface area contributed by atoms with Gasteiger partial charge >= 0.3 is 0 Å². The number of piperidine rings is 1. The fraction of sp³-hybridized carbons (Fsp3) is 0.250. The second-order valence-electron chi connectivity index (χ2n) is 8.66. The van der Waals surface area contributed by atoms with Crippen molar-refractivity contribution in [3.63, 3.8) is 0 Å². The Labute approximate surface area is 210 Å². The molecule has 0 bridgehead atoms.